The molecule has 0 spiro atoms. The molecule has 1 saturated heterocycles. The molecule has 6 rings (SSSR count). The summed E-state index contributed by atoms with van der Waals surface area (Å²) < 4.78 is 1.97. The molecule has 2 fully saturated rings. The molecule has 1 atom stereocenters. The number of H-pyrrole nitrogens is 1. The third-order valence-electron chi connectivity index (χ3n) is 6.39. The van der Waals surface area contributed by atoms with Crippen LogP contribution in [0.1, 0.15) is 48.8 Å². The summed E-state index contributed by atoms with van der Waals surface area (Å²) in [5.41, 5.74) is 3.37. The molecule has 0 aromatic carbocycles. The van der Waals surface area contributed by atoms with E-state index in [0.29, 0.717) is 11.8 Å². The number of hydrogen-bond donors (Lipinski definition) is 2. The second-order valence-corrected chi connectivity index (χ2v) is 8.26. The van der Waals surface area contributed by atoms with Crippen LogP contribution >= 0.6 is 0 Å². The fourth-order valence-corrected chi connectivity index (χ4v) is 4.42. The van der Waals surface area contributed by atoms with E-state index >= 15 is 0 Å². The third-order valence-corrected chi connectivity index (χ3v) is 6.39. The van der Waals surface area contributed by atoms with Gasteiger partial charge >= 0.3 is 0 Å². The molecule has 2 N–H and O–H groups in total. The largest absolute Gasteiger partial charge is 0.340 e. The lowest BCUT2D eigenvalue weighted by molar-refractivity contribution is 0.410. The van der Waals surface area contributed by atoms with E-state index < -0.39 is 0 Å². The Kier molecular flexibility index (Phi) is 4.14. The molecule has 0 radical (unpaired) electrons. The molecule has 5 heterocycles. The fraction of sp³-hybridized carbons (Fsp3) is 0.364. The van der Waals surface area contributed by atoms with Crippen LogP contribution in [0.4, 0.5) is 17.7 Å². The molecule has 0 bridgehead atoms. The minimum atomic E-state index is 0.457. The van der Waals surface area contributed by atoms with Crippen molar-refractivity contribution in [3.63, 3.8) is 0 Å². The van der Waals surface area contributed by atoms with Crippen LogP contribution in [0, 0.1) is 0 Å². The van der Waals surface area contributed by atoms with E-state index in [9.17, 15) is 0 Å². The van der Waals surface area contributed by atoms with Crippen molar-refractivity contribution in [3.8, 4) is 0 Å². The van der Waals surface area contributed by atoms with Gasteiger partial charge in [-0.3, -0.25) is 14.5 Å². The molecular formula is C22H24N8. The van der Waals surface area contributed by atoms with Gasteiger partial charge in [-0.2, -0.15) is 15.1 Å². The van der Waals surface area contributed by atoms with Crippen molar-refractivity contribution in [2.24, 2.45) is 0 Å². The van der Waals surface area contributed by atoms with Gasteiger partial charge in [-0.1, -0.05) is 12.5 Å². The summed E-state index contributed by atoms with van der Waals surface area (Å²) in [5, 5.41) is 11.0. The van der Waals surface area contributed by atoms with Crippen LogP contribution in [-0.2, 0) is 0 Å². The summed E-state index contributed by atoms with van der Waals surface area (Å²) >= 11 is 0. The number of rotatable bonds is 5. The Labute approximate surface area is 174 Å². The van der Waals surface area contributed by atoms with Gasteiger partial charge in [-0.15, -0.1) is 0 Å². The molecule has 4 aromatic heterocycles. The highest BCUT2D eigenvalue weighted by Crippen LogP contribution is 2.36. The number of aromatic nitrogens is 6. The van der Waals surface area contributed by atoms with Crippen LogP contribution in [0.25, 0.3) is 5.65 Å². The van der Waals surface area contributed by atoms with Crippen molar-refractivity contribution in [2.45, 2.75) is 37.5 Å². The Morgan fingerprint density at radius 2 is 2.03 bits per heavy atom. The van der Waals surface area contributed by atoms with E-state index in [2.05, 4.69) is 37.5 Å². The van der Waals surface area contributed by atoms with Gasteiger partial charge in [0, 0.05) is 55.3 Å². The number of pyridine rings is 1. The van der Waals surface area contributed by atoms with Crippen LogP contribution in [0.5, 0.6) is 0 Å². The Bertz CT molecular complexity index is 1160. The van der Waals surface area contributed by atoms with Crippen molar-refractivity contribution in [2.75, 3.05) is 23.3 Å². The van der Waals surface area contributed by atoms with Crippen LogP contribution < -0.4 is 10.2 Å². The second-order valence-electron chi connectivity index (χ2n) is 8.26. The van der Waals surface area contributed by atoms with E-state index in [4.69, 9.17) is 9.97 Å². The van der Waals surface area contributed by atoms with Crippen LogP contribution in [0.3, 0.4) is 0 Å². The van der Waals surface area contributed by atoms with Gasteiger partial charge in [0.1, 0.15) is 5.65 Å². The monoisotopic (exact) mass is 400 g/mol. The standard InChI is InChI=1S/C22H24N8/c1-4-15(5-1)18-12-19(28-27-18)24-22-26-21(25-20-7-3-10-30(20)22)29-11-8-17(14-29)16-6-2-9-23-13-16/h2-3,6-7,9-10,12-13,15,17H,1,4-5,8,11,14H2,(H2,24,25,26,27,28). The van der Waals surface area contributed by atoms with E-state index in [-0.39, 0.29) is 0 Å². The number of nitrogens with one attached hydrogen (secondary N) is 2. The van der Waals surface area contributed by atoms with Gasteiger partial charge in [0.05, 0.1) is 0 Å². The maximum Gasteiger partial charge on any atom is 0.230 e. The minimum Gasteiger partial charge on any atom is -0.340 e. The van der Waals surface area contributed by atoms with Gasteiger partial charge in [0.15, 0.2) is 5.82 Å². The van der Waals surface area contributed by atoms with Crippen molar-refractivity contribution in [1.82, 2.24) is 29.5 Å². The van der Waals surface area contributed by atoms with Gasteiger partial charge in [-0.25, -0.2) is 0 Å². The SMILES string of the molecule is c1cncc(C2CCN(c3nc(Nc4cc(C5CCC5)[nH]n4)n4cccc4n3)C2)c1. The average molecular weight is 400 g/mol. The fourth-order valence-electron chi connectivity index (χ4n) is 4.42. The zero-order valence-electron chi connectivity index (χ0n) is 16.7. The van der Waals surface area contributed by atoms with Gasteiger partial charge in [-0.05, 0) is 43.0 Å². The van der Waals surface area contributed by atoms with E-state index in [1.54, 1.807) is 0 Å². The summed E-state index contributed by atoms with van der Waals surface area (Å²) in [4.78, 5) is 16.2. The predicted octanol–water partition coefficient (Wildman–Crippen LogP) is 3.85. The lowest BCUT2D eigenvalue weighted by Gasteiger charge is -2.23. The Hall–Kier alpha value is -3.42. The zero-order valence-corrected chi connectivity index (χ0v) is 16.7. The van der Waals surface area contributed by atoms with Gasteiger partial charge in [0.25, 0.3) is 0 Å². The summed E-state index contributed by atoms with van der Waals surface area (Å²) in [6.07, 6.45) is 10.6. The second kappa shape index (κ2) is 7.12. The smallest absolute Gasteiger partial charge is 0.230 e. The maximum atomic E-state index is 4.86. The Morgan fingerprint density at radius 1 is 1.07 bits per heavy atom. The van der Waals surface area contributed by atoms with E-state index in [1.807, 2.05) is 41.2 Å². The number of aromatic amines is 1. The number of hydrogen-bond acceptors (Lipinski definition) is 6. The summed E-state index contributed by atoms with van der Waals surface area (Å²) in [6.45, 7) is 1.83. The topological polar surface area (TPSA) is 87.0 Å². The maximum absolute atomic E-state index is 4.86. The first-order valence-electron chi connectivity index (χ1n) is 10.7. The van der Waals surface area contributed by atoms with E-state index in [0.717, 1.165) is 42.9 Å². The number of fused-ring (bicyclic) bond motifs is 1. The zero-order chi connectivity index (χ0) is 19.9. The van der Waals surface area contributed by atoms with Crippen molar-refractivity contribution < 1.29 is 0 Å². The molecule has 1 unspecified atom stereocenters. The molecule has 4 aromatic rings. The third kappa shape index (κ3) is 3.08. The van der Waals surface area contributed by atoms with Crippen LogP contribution in [-0.4, -0.2) is 42.6 Å². The summed E-state index contributed by atoms with van der Waals surface area (Å²) in [7, 11) is 0. The molecule has 8 heteroatoms. The molecule has 8 nitrogen and oxygen atoms in total. The van der Waals surface area contributed by atoms with Crippen LogP contribution in [0.2, 0.25) is 0 Å². The average Bonchev–Trinajstić information content (AvgIpc) is 3.48. The lowest BCUT2D eigenvalue weighted by atomic mass is 9.83. The molecule has 0 amide bonds. The highest BCUT2D eigenvalue weighted by atomic mass is 15.3. The number of nitrogens with zero attached hydrogens (tertiary/aromatic N) is 6. The highest BCUT2D eigenvalue weighted by Gasteiger charge is 2.27. The van der Waals surface area contributed by atoms with Gasteiger partial charge < -0.3 is 10.2 Å². The predicted molar refractivity (Wildman–Crippen MR) is 115 cm³/mol. The first kappa shape index (κ1) is 17.4. The quantitative estimate of drug-likeness (QED) is 0.529. The molecule has 152 valence electrons. The normalized spacial score (nSPS) is 19.3. The molecule has 1 saturated carbocycles. The lowest BCUT2D eigenvalue weighted by Crippen LogP contribution is -2.23. The first-order chi connectivity index (χ1) is 14.8. The summed E-state index contributed by atoms with van der Waals surface area (Å²) in [6, 6.07) is 10.3. The molecule has 2 aliphatic rings. The number of anilines is 3. The molecular weight excluding hydrogens is 376 g/mol. The summed E-state index contributed by atoms with van der Waals surface area (Å²) in [5.74, 6) is 3.36. The Morgan fingerprint density at radius 3 is 2.87 bits per heavy atom. The van der Waals surface area contributed by atoms with Gasteiger partial charge in [0.2, 0.25) is 11.9 Å². The molecule has 1 aliphatic carbocycles. The minimum absolute atomic E-state index is 0.457. The van der Waals surface area contributed by atoms with Crippen molar-refractivity contribution in [1.29, 1.82) is 0 Å². The first-order valence-corrected chi connectivity index (χ1v) is 10.7. The van der Waals surface area contributed by atoms with E-state index in [1.165, 1.54) is 30.5 Å². The molecule has 1 aliphatic heterocycles. The van der Waals surface area contributed by atoms with Crippen molar-refractivity contribution in [3.05, 3.63) is 60.2 Å². The Balaban J connectivity index is 1.27. The van der Waals surface area contributed by atoms with Crippen LogP contribution in [0.15, 0.2) is 48.9 Å². The molecule has 30 heavy (non-hydrogen) atoms. The highest BCUT2D eigenvalue weighted by molar-refractivity contribution is 5.57. The van der Waals surface area contributed by atoms with Crippen molar-refractivity contribution >= 4 is 23.4 Å².